The van der Waals surface area contributed by atoms with E-state index < -0.39 is 11.8 Å². The smallest absolute Gasteiger partial charge is 0.329 e. The first-order valence-corrected chi connectivity index (χ1v) is 9.98. The van der Waals surface area contributed by atoms with Gasteiger partial charge in [-0.15, -0.1) is 0 Å². The standard InChI is InChI=1S/C24H26N4O3/c1-17-14-20(18(2)28(17)21-10-7-11-22(15-21)31-3)16-26-27-24(30)23(29)25-13-12-19-8-5-4-6-9-19/h4-11,14-16H,12-13H2,1-3H3,(H,25,29)(H,27,30)/b26-16+. The second-order valence-electron chi connectivity index (χ2n) is 7.05. The van der Waals surface area contributed by atoms with E-state index in [9.17, 15) is 9.59 Å². The molecule has 0 saturated heterocycles. The molecule has 3 rings (SSSR count). The second kappa shape index (κ2) is 10.2. The Balaban J connectivity index is 1.58. The fraction of sp³-hybridized carbons (Fsp3) is 0.208. The average molecular weight is 418 g/mol. The molecule has 1 heterocycles. The predicted octanol–water partition coefficient (Wildman–Crippen LogP) is 2.91. The molecule has 7 heteroatoms. The number of methoxy groups -OCH3 is 1. The zero-order valence-corrected chi connectivity index (χ0v) is 17.9. The van der Waals surface area contributed by atoms with Crippen molar-refractivity contribution in [3.05, 3.63) is 83.2 Å². The SMILES string of the molecule is COc1cccc(-n2c(C)cc(/C=N/NC(=O)C(=O)NCCc3ccccc3)c2C)c1. The molecule has 0 bridgehead atoms. The van der Waals surface area contributed by atoms with Crippen LogP contribution in [0.25, 0.3) is 5.69 Å². The lowest BCUT2D eigenvalue weighted by atomic mass is 10.1. The molecular formula is C24H26N4O3. The summed E-state index contributed by atoms with van der Waals surface area (Å²) in [5, 5.41) is 6.54. The van der Waals surface area contributed by atoms with Crippen LogP contribution < -0.4 is 15.5 Å². The molecule has 0 radical (unpaired) electrons. The van der Waals surface area contributed by atoms with Crippen molar-refractivity contribution in [3.63, 3.8) is 0 Å². The van der Waals surface area contributed by atoms with Crippen molar-refractivity contribution in [2.75, 3.05) is 13.7 Å². The Labute approximate surface area is 181 Å². The van der Waals surface area contributed by atoms with Gasteiger partial charge in [0.25, 0.3) is 0 Å². The zero-order chi connectivity index (χ0) is 22.2. The topological polar surface area (TPSA) is 84.7 Å². The Morgan fingerprint density at radius 2 is 1.81 bits per heavy atom. The van der Waals surface area contributed by atoms with Gasteiger partial charge >= 0.3 is 11.8 Å². The van der Waals surface area contributed by atoms with Gasteiger partial charge in [0.15, 0.2) is 0 Å². The van der Waals surface area contributed by atoms with E-state index in [4.69, 9.17) is 4.74 Å². The van der Waals surface area contributed by atoms with Gasteiger partial charge < -0.3 is 14.6 Å². The Morgan fingerprint density at radius 3 is 2.55 bits per heavy atom. The van der Waals surface area contributed by atoms with E-state index in [0.29, 0.717) is 13.0 Å². The summed E-state index contributed by atoms with van der Waals surface area (Å²) in [7, 11) is 1.63. The molecule has 1 aromatic heterocycles. The van der Waals surface area contributed by atoms with Gasteiger partial charge in [-0.05, 0) is 44.0 Å². The molecule has 0 aliphatic carbocycles. The summed E-state index contributed by atoms with van der Waals surface area (Å²) >= 11 is 0. The van der Waals surface area contributed by atoms with Crippen molar-refractivity contribution in [2.24, 2.45) is 5.10 Å². The third-order valence-electron chi connectivity index (χ3n) is 4.90. The highest BCUT2D eigenvalue weighted by Crippen LogP contribution is 2.22. The van der Waals surface area contributed by atoms with Crippen molar-refractivity contribution in [2.45, 2.75) is 20.3 Å². The lowest BCUT2D eigenvalue weighted by Crippen LogP contribution is -2.38. The molecule has 0 unspecified atom stereocenters. The van der Waals surface area contributed by atoms with Gasteiger partial charge in [0, 0.05) is 35.2 Å². The summed E-state index contributed by atoms with van der Waals surface area (Å²) in [6, 6.07) is 19.5. The number of carbonyl (C=O) groups excluding carboxylic acids is 2. The highest BCUT2D eigenvalue weighted by Gasteiger charge is 2.13. The van der Waals surface area contributed by atoms with Crippen LogP contribution in [0.4, 0.5) is 0 Å². The quantitative estimate of drug-likeness (QED) is 0.352. The Hall–Kier alpha value is -3.87. The van der Waals surface area contributed by atoms with Crippen molar-refractivity contribution < 1.29 is 14.3 Å². The summed E-state index contributed by atoms with van der Waals surface area (Å²) in [6.07, 6.45) is 2.19. The fourth-order valence-electron chi connectivity index (χ4n) is 3.32. The van der Waals surface area contributed by atoms with Crippen LogP contribution in [0.2, 0.25) is 0 Å². The summed E-state index contributed by atoms with van der Waals surface area (Å²) in [5.41, 5.74) is 7.15. The molecule has 0 aliphatic heterocycles. The molecule has 0 saturated carbocycles. The number of hydrazone groups is 1. The van der Waals surface area contributed by atoms with E-state index in [1.165, 1.54) is 6.21 Å². The van der Waals surface area contributed by atoms with Gasteiger partial charge in [-0.3, -0.25) is 9.59 Å². The van der Waals surface area contributed by atoms with Crippen LogP contribution in [-0.4, -0.2) is 36.3 Å². The van der Waals surface area contributed by atoms with Crippen LogP contribution in [0.3, 0.4) is 0 Å². The zero-order valence-electron chi connectivity index (χ0n) is 17.9. The number of hydrogen-bond acceptors (Lipinski definition) is 4. The summed E-state index contributed by atoms with van der Waals surface area (Å²) in [5.74, 6) is -0.744. The van der Waals surface area contributed by atoms with Crippen LogP contribution >= 0.6 is 0 Å². The van der Waals surface area contributed by atoms with E-state index in [2.05, 4.69) is 20.4 Å². The molecule has 160 valence electrons. The van der Waals surface area contributed by atoms with Crippen LogP contribution in [0.1, 0.15) is 22.5 Å². The number of nitrogens with one attached hydrogen (secondary N) is 2. The number of nitrogens with zero attached hydrogens (tertiary/aromatic N) is 2. The molecule has 0 fully saturated rings. The summed E-state index contributed by atoms with van der Waals surface area (Å²) in [4.78, 5) is 23.9. The maximum atomic E-state index is 12.0. The molecule has 3 aromatic rings. The Bertz CT molecular complexity index is 1090. The van der Waals surface area contributed by atoms with E-state index >= 15 is 0 Å². The van der Waals surface area contributed by atoms with Crippen LogP contribution in [0.15, 0.2) is 65.8 Å². The van der Waals surface area contributed by atoms with E-state index in [0.717, 1.165) is 34.0 Å². The molecule has 0 atom stereocenters. The number of ether oxygens (including phenoxy) is 1. The number of amides is 2. The number of hydrogen-bond donors (Lipinski definition) is 2. The lowest BCUT2D eigenvalue weighted by molar-refractivity contribution is -0.139. The van der Waals surface area contributed by atoms with E-state index in [1.54, 1.807) is 7.11 Å². The van der Waals surface area contributed by atoms with Gasteiger partial charge in [-0.25, -0.2) is 5.43 Å². The first-order valence-electron chi connectivity index (χ1n) is 9.98. The van der Waals surface area contributed by atoms with Crippen LogP contribution in [-0.2, 0) is 16.0 Å². The number of aryl methyl sites for hydroxylation is 1. The van der Waals surface area contributed by atoms with E-state index in [1.807, 2.05) is 74.5 Å². The molecule has 2 amide bonds. The Kier molecular flexibility index (Phi) is 7.22. The monoisotopic (exact) mass is 418 g/mol. The van der Waals surface area contributed by atoms with Crippen LogP contribution in [0, 0.1) is 13.8 Å². The van der Waals surface area contributed by atoms with Crippen molar-refractivity contribution in [1.82, 2.24) is 15.3 Å². The summed E-state index contributed by atoms with van der Waals surface area (Å²) < 4.78 is 7.38. The number of benzene rings is 2. The fourth-order valence-corrected chi connectivity index (χ4v) is 3.32. The van der Waals surface area contributed by atoms with Gasteiger partial charge in [0.05, 0.1) is 13.3 Å². The van der Waals surface area contributed by atoms with E-state index in [-0.39, 0.29) is 0 Å². The lowest BCUT2D eigenvalue weighted by Gasteiger charge is -2.11. The average Bonchev–Trinajstić information content (AvgIpc) is 3.07. The van der Waals surface area contributed by atoms with Crippen LogP contribution in [0.5, 0.6) is 5.75 Å². The molecule has 31 heavy (non-hydrogen) atoms. The molecule has 0 spiro atoms. The van der Waals surface area contributed by atoms with Crippen molar-refractivity contribution >= 4 is 18.0 Å². The highest BCUT2D eigenvalue weighted by atomic mass is 16.5. The normalized spacial score (nSPS) is 10.8. The first kappa shape index (κ1) is 21.8. The number of carbonyl (C=O) groups is 2. The minimum atomic E-state index is -0.800. The minimum absolute atomic E-state index is 0.377. The predicted molar refractivity (Wildman–Crippen MR) is 121 cm³/mol. The second-order valence-corrected chi connectivity index (χ2v) is 7.05. The third-order valence-corrected chi connectivity index (χ3v) is 4.90. The molecule has 2 N–H and O–H groups in total. The maximum Gasteiger partial charge on any atom is 0.329 e. The summed E-state index contributed by atoms with van der Waals surface area (Å²) in [6.45, 7) is 4.33. The van der Waals surface area contributed by atoms with Gasteiger partial charge in [0.1, 0.15) is 5.75 Å². The third kappa shape index (κ3) is 5.60. The molecule has 2 aromatic carbocycles. The molecule has 0 aliphatic rings. The highest BCUT2D eigenvalue weighted by molar-refractivity contribution is 6.35. The number of aromatic nitrogens is 1. The Morgan fingerprint density at radius 1 is 1.03 bits per heavy atom. The van der Waals surface area contributed by atoms with Gasteiger partial charge in [-0.2, -0.15) is 5.10 Å². The van der Waals surface area contributed by atoms with Gasteiger partial charge in [0.2, 0.25) is 0 Å². The minimum Gasteiger partial charge on any atom is -0.497 e. The number of rotatable bonds is 7. The largest absolute Gasteiger partial charge is 0.497 e. The van der Waals surface area contributed by atoms with Crippen molar-refractivity contribution in [1.29, 1.82) is 0 Å². The molecular weight excluding hydrogens is 392 g/mol. The van der Waals surface area contributed by atoms with Gasteiger partial charge in [-0.1, -0.05) is 36.4 Å². The first-order chi connectivity index (χ1) is 15.0. The van der Waals surface area contributed by atoms with Crippen molar-refractivity contribution in [3.8, 4) is 11.4 Å². The maximum absolute atomic E-state index is 12.0. The molecule has 7 nitrogen and oxygen atoms in total.